The average molecular weight is 207 g/mol. The summed E-state index contributed by atoms with van der Waals surface area (Å²) in [5, 5.41) is 1.70. The quantitative estimate of drug-likeness (QED) is 0.710. The SMILES string of the molecule is O=P([O-])(O)c1ccc2ccccc2c1. The number of rotatable bonds is 1. The first-order valence-corrected chi connectivity index (χ1v) is 5.68. The van der Waals surface area contributed by atoms with Gasteiger partial charge < -0.3 is 14.4 Å². The Kier molecular flexibility index (Phi) is 2.16. The van der Waals surface area contributed by atoms with E-state index in [-0.39, 0.29) is 5.30 Å². The molecule has 0 aromatic heterocycles. The van der Waals surface area contributed by atoms with Gasteiger partial charge in [0, 0.05) is 5.30 Å². The maximum atomic E-state index is 10.9. The lowest BCUT2D eigenvalue weighted by atomic mass is 10.1. The van der Waals surface area contributed by atoms with Crippen molar-refractivity contribution < 1.29 is 14.4 Å². The van der Waals surface area contributed by atoms with E-state index in [2.05, 4.69) is 0 Å². The predicted octanol–water partition coefficient (Wildman–Crippen LogP) is 1.01. The van der Waals surface area contributed by atoms with Gasteiger partial charge in [-0.1, -0.05) is 30.3 Å². The van der Waals surface area contributed by atoms with Crippen molar-refractivity contribution in [1.29, 1.82) is 0 Å². The van der Waals surface area contributed by atoms with Crippen LogP contribution in [0.25, 0.3) is 10.8 Å². The Balaban J connectivity index is 2.69. The Labute approximate surface area is 81.2 Å². The first-order valence-electron chi connectivity index (χ1n) is 4.10. The topological polar surface area (TPSA) is 60.4 Å². The summed E-state index contributed by atoms with van der Waals surface area (Å²) in [6.45, 7) is 0. The number of benzene rings is 2. The van der Waals surface area contributed by atoms with Crippen LogP contribution in [0.1, 0.15) is 0 Å². The monoisotopic (exact) mass is 207 g/mol. The molecule has 1 N–H and O–H groups in total. The maximum Gasteiger partial charge on any atom is 0.162 e. The first kappa shape index (κ1) is 9.41. The normalized spacial score (nSPS) is 15.3. The van der Waals surface area contributed by atoms with Crippen LogP contribution < -0.4 is 10.2 Å². The van der Waals surface area contributed by atoms with Gasteiger partial charge in [0.1, 0.15) is 0 Å². The second-order valence-electron chi connectivity index (χ2n) is 3.05. The summed E-state index contributed by atoms with van der Waals surface area (Å²) in [5.41, 5.74) is 0. The fourth-order valence-corrected chi connectivity index (χ4v) is 1.92. The van der Waals surface area contributed by atoms with E-state index in [9.17, 15) is 9.46 Å². The van der Waals surface area contributed by atoms with Crippen LogP contribution in [-0.4, -0.2) is 4.89 Å². The van der Waals surface area contributed by atoms with E-state index in [0.29, 0.717) is 0 Å². The predicted molar refractivity (Wildman–Crippen MR) is 53.4 cm³/mol. The van der Waals surface area contributed by atoms with Crippen molar-refractivity contribution in [2.45, 2.75) is 0 Å². The van der Waals surface area contributed by atoms with Crippen molar-refractivity contribution in [1.82, 2.24) is 0 Å². The van der Waals surface area contributed by atoms with Crippen molar-refractivity contribution >= 4 is 23.7 Å². The lowest BCUT2D eigenvalue weighted by Gasteiger charge is -2.15. The van der Waals surface area contributed by atoms with Crippen molar-refractivity contribution in [3.8, 4) is 0 Å². The van der Waals surface area contributed by atoms with Crippen LogP contribution in [0.3, 0.4) is 0 Å². The minimum Gasteiger partial charge on any atom is -0.775 e. The van der Waals surface area contributed by atoms with Crippen molar-refractivity contribution in [3.05, 3.63) is 42.5 Å². The number of fused-ring (bicyclic) bond motifs is 1. The van der Waals surface area contributed by atoms with Crippen LogP contribution in [0.5, 0.6) is 0 Å². The summed E-state index contributed by atoms with van der Waals surface area (Å²) >= 11 is 0. The molecule has 0 amide bonds. The Morgan fingerprint density at radius 1 is 1.07 bits per heavy atom. The molecule has 0 fully saturated rings. The van der Waals surface area contributed by atoms with Crippen LogP contribution in [-0.2, 0) is 4.57 Å². The molecule has 3 nitrogen and oxygen atoms in total. The smallest absolute Gasteiger partial charge is 0.162 e. The van der Waals surface area contributed by atoms with Gasteiger partial charge in [0.05, 0.1) is 0 Å². The molecule has 0 bridgehead atoms. The molecule has 0 aliphatic carbocycles. The van der Waals surface area contributed by atoms with E-state index in [1.807, 2.05) is 18.2 Å². The summed E-state index contributed by atoms with van der Waals surface area (Å²) < 4.78 is 10.9. The van der Waals surface area contributed by atoms with Crippen LogP contribution in [0.15, 0.2) is 42.5 Å². The van der Waals surface area contributed by atoms with Crippen molar-refractivity contribution in [2.24, 2.45) is 0 Å². The van der Waals surface area contributed by atoms with Gasteiger partial charge in [0.2, 0.25) is 0 Å². The molecule has 1 unspecified atom stereocenters. The average Bonchev–Trinajstić information content (AvgIpc) is 2.16. The zero-order valence-corrected chi connectivity index (χ0v) is 8.15. The van der Waals surface area contributed by atoms with E-state index in [0.717, 1.165) is 10.8 Å². The van der Waals surface area contributed by atoms with Gasteiger partial charge in [0.15, 0.2) is 7.60 Å². The van der Waals surface area contributed by atoms with Crippen LogP contribution in [0, 0.1) is 0 Å². The fraction of sp³-hybridized carbons (Fsp3) is 0. The molecular formula is C10H8O3P-. The van der Waals surface area contributed by atoms with Crippen molar-refractivity contribution in [3.63, 3.8) is 0 Å². The van der Waals surface area contributed by atoms with Crippen LogP contribution in [0.2, 0.25) is 0 Å². The van der Waals surface area contributed by atoms with E-state index >= 15 is 0 Å². The van der Waals surface area contributed by atoms with E-state index in [4.69, 9.17) is 4.89 Å². The summed E-state index contributed by atoms with van der Waals surface area (Å²) in [6, 6.07) is 11.9. The first-order chi connectivity index (χ1) is 6.57. The van der Waals surface area contributed by atoms with Gasteiger partial charge >= 0.3 is 0 Å². The van der Waals surface area contributed by atoms with E-state index < -0.39 is 7.60 Å². The molecule has 4 heteroatoms. The maximum absolute atomic E-state index is 10.9. The van der Waals surface area contributed by atoms with E-state index in [1.54, 1.807) is 12.1 Å². The number of hydrogen-bond acceptors (Lipinski definition) is 2. The minimum atomic E-state index is -4.37. The van der Waals surface area contributed by atoms with Crippen LogP contribution in [0.4, 0.5) is 0 Å². The molecule has 0 spiro atoms. The Morgan fingerprint density at radius 3 is 2.36 bits per heavy atom. The standard InChI is InChI=1S/C10H9O3P/c11-14(12,13)10-6-5-8-3-1-2-4-9(8)7-10/h1-7H,(H2,11,12,13)/p-1. The number of hydrogen-bond donors (Lipinski definition) is 1. The van der Waals surface area contributed by atoms with Crippen LogP contribution >= 0.6 is 7.60 Å². The second-order valence-corrected chi connectivity index (χ2v) is 4.61. The summed E-state index contributed by atoms with van der Waals surface area (Å²) in [6.07, 6.45) is 0. The zero-order chi connectivity index (χ0) is 10.2. The third-order valence-electron chi connectivity index (χ3n) is 2.06. The molecule has 0 heterocycles. The van der Waals surface area contributed by atoms with Gasteiger partial charge in [-0.2, -0.15) is 0 Å². The Bertz CT molecular complexity index is 516. The minimum absolute atomic E-state index is 0.0452. The molecular weight excluding hydrogens is 199 g/mol. The molecule has 2 rings (SSSR count). The van der Waals surface area contributed by atoms with Gasteiger partial charge in [-0.25, -0.2) is 0 Å². The molecule has 0 aliphatic rings. The highest BCUT2D eigenvalue weighted by Crippen LogP contribution is 2.29. The van der Waals surface area contributed by atoms with Gasteiger partial charge in [0.25, 0.3) is 0 Å². The largest absolute Gasteiger partial charge is 0.775 e. The lowest BCUT2D eigenvalue weighted by Crippen LogP contribution is -2.13. The molecule has 0 aliphatic heterocycles. The summed E-state index contributed by atoms with van der Waals surface area (Å²) in [5.74, 6) is 0. The fourth-order valence-electron chi connectivity index (χ4n) is 1.35. The second kappa shape index (κ2) is 3.21. The van der Waals surface area contributed by atoms with Crippen molar-refractivity contribution in [2.75, 3.05) is 0 Å². The third-order valence-corrected chi connectivity index (χ3v) is 2.99. The molecule has 14 heavy (non-hydrogen) atoms. The molecule has 2 aromatic carbocycles. The summed E-state index contributed by atoms with van der Waals surface area (Å²) in [7, 11) is -4.37. The third kappa shape index (κ3) is 1.70. The molecule has 1 atom stereocenters. The van der Waals surface area contributed by atoms with Gasteiger partial charge in [-0.3, -0.25) is 0 Å². The highest BCUT2D eigenvalue weighted by atomic mass is 31.2. The van der Waals surface area contributed by atoms with E-state index in [1.165, 1.54) is 12.1 Å². The Morgan fingerprint density at radius 2 is 1.71 bits per heavy atom. The highest BCUT2D eigenvalue weighted by Gasteiger charge is 2.06. The highest BCUT2D eigenvalue weighted by molar-refractivity contribution is 7.58. The Hall–Kier alpha value is -1.15. The zero-order valence-electron chi connectivity index (χ0n) is 7.25. The van der Waals surface area contributed by atoms with Gasteiger partial charge in [-0.15, -0.1) is 0 Å². The molecule has 0 saturated carbocycles. The molecule has 0 radical (unpaired) electrons. The molecule has 2 aromatic rings. The molecule has 72 valence electrons. The summed E-state index contributed by atoms with van der Waals surface area (Å²) in [4.78, 5) is 19.7. The lowest BCUT2D eigenvalue weighted by molar-refractivity contribution is -0.188. The van der Waals surface area contributed by atoms with Gasteiger partial charge in [-0.05, 0) is 22.9 Å². The molecule has 0 saturated heterocycles.